The minimum absolute atomic E-state index is 0.00712. The van der Waals surface area contributed by atoms with Gasteiger partial charge in [0.2, 0.25) is 5.91 Å². The summed E-state index contributed by atoms with van der Waals surface area (Å²) < 4.78 is 1.84. The molecule has 1 aromatic carbocycles. The first-order valence-electron chi connectivity index (χ1n) is 8.74. The summed E-state index contributed by atoms with van der Waals surface area (Å²) in [6.45, 7) is 5.59. The SMILES string of the molecule is Cc1cc(C)n(-c2ccc(C(=O)NCC(=O)N3CCCCC3)cc2)n1. The number of nitrogens with zero attached hydrogens (tertiary/aromatic N) is 3. The number of rotatable bonds is 4. The molecule has 6 nitrogen and oxygen atoms in total. The zero-order valence-corrected chi connectivity index (χ0v) is 14.8. The van der Waals surface area contributed by atoms with Gasteiger partial charge < -0.3 is 10.2 Å². The number of carbonyl (C=O) groups excluding carboxylic acids is 2. The Bertz CT molecular complexity index is 758. The first-order valence-corrected chi connectivity index (χ1v) is 8.74. The van der Waals surface area contributed by atoms with Crippen LogP contribution in [0.3, 0.4) is 0 Å². The summed E-state index contributed by atoms with van der Waals surface area (Å²) in [5.74, 6) is -0.238. The maximum absolute atomic E-state index is 12.2. The maximum Gasteiger partial charge on any atom is 0.251 e. The second-order valence-corrected chi connectivity index (χ2v) is 6.51. The predicted molar refractivity (Wildman–Crippen MR) is 95.8 cm³/mol. The van der Waals surface area contributed by atoms with Crippen LogP contribution in [0, 0.1) is 13.8 Å². The molecule has 2 aromatic rings. The standard InChI is InChI=1S/C19H24N4O2/c1-14-12-15(2)23(21-14)17-8-6-16(7-9-17)19(25)20-13-18(24)22-10-4-3-5-11-22/h6-9,12H,3-5,10-11,13H2,1-2H3,(H,20,25). The van der Waals surface area contributed by atoms with Crippen molar-refractivity contribution in [1.29, 1.82) is 0 Å². The minimum Gasteiger partial charge on any atom is -0.343 e. The highest BCUT2D eigenvalue weighted by Crippen LogP contribution is 2.13. The number of likely N-dealkylation sites (tertiary alicyclic amines) is 1. The number of hydrogen-bond donors (Lipinski definition) is 1. The molecule has 0 saturated carbocycles. The number of hydrogen-bond acceptors (Lipinski definition) is 3. The van der Waals surface area contributed by atoms with Gasteiger partial charge in [-0.25, -0.2) is 4.68 Å². The first kappa shape index (κ1) is 17.2. The van der Waals surface area contributed by atoms with Crippen molar-refractivity contribution >= 4 is 11.8 Å². The van der Waals surface area contributed by atoms with Crippen LogP contribution in [-0.4, -0.2) is 46.1 Å². The Labute approximate surface area is 147 Å². The minimum atomic E-state index is -0.231. The third kappa shape index (κ3) is 4.07. The predicted octanol–water partition coefficient (Wildman–Crippen LogP) is 2.23. The highest BCUT2D eigenvalue weighted by atomic mass is 16.2. The van der Waals surface area contributed by atoms with Crippen molar-refractivity contribution in [3.63, 3.8) is 0 Å². The van der Waals surface area contributed by atoms with E-state index in [0.717, 1.165) is 43.0 Å². The number of carbonyl (C=O) groups is 2. The van der Waals surface area contributed by atoms with Crippen LogP contribution in [-0.2, 0) is 4.79 Å². The van der Waals surface area contributed by atoms with Crippen molar-refractivity contribution in [2.75, 3.05) is 19.6 Å². The number of benzene rings is 1. The Morgan fingerprint density at radius 2 is 1.76 bits per heavy atom. The van der Waals surface area contributed by atoms with E-state index in [-0.39, 0.29) is 18.4 Å². The molecule has 0 bridgehead atoms. The lowest BCUT2D eigenvalue weighted by Gasteiger charge is -2.26. The summed E-state index contributed by atoms with van der Waals surface area (Å²) in [7, 11) is 0. The molecule has 1 aliphatic rings. The van der Waals surface area contributed by atoms with Crippen molar-refractivity contribution in [3.05, 3.63) is 47.3 Å². The van der Waals surface area contributed by atoms with Crippen LogP contribution < -0.4 is 5.32 Å². The maximum atomic E-state index is 12.2. The van der Waals surface area contributed by atoms with E-state index in [1.807, 2.05) is 41.6 Å². The molecular formula is C19H24N4O2. The molecule has 0 spiro atoms. The molecule has 1 aliphatic heterocycles. The molecule has 1 saturated heterocycles. The van der Waals surface area contributed by atoms with Crippen LogP contribution in [0.1, 0.15) is 41.0 Å². The lowest BCUT2D eigenvalue weighted by Crippen LogP contribution is -2.42. The van der Waals surface area contributed by atoms with Crippen molar-refractivity contribution in [2.45, 2.75) is 33.1 Å². The molecule has 6 heteroatoms. The fourth-order valence-electron chi connectivity index (χ4n) is 3.16. The van der Waals surface area contributed by atoms with Gasteiger partial charge in [-0.1, -0.05) is 0 Å². The lowest BCUT2D eigenvalue weighted by atomic mass is 10.1. The fourth-order valence-corrected chi connectivity index (χ4v) is 3.16. The van der Waals surface area contributed by atoms with Crippen LogP contribution in [0.2, 0.25) is 0 Å². The highest BCUT2D eigenvalue weighted by molar-refractivity contribution is 5.96. The zero-order chi connectivity index (χ0) is 17.8. The zero-order valence-electron chi connectivity index (χ0n) is 14.8. The van der Waals surface area contributed by atoms with Gasteiger partial charge in [-0.2, -0.15) is 5.10 Å². The highest BCUT2D eigenvalue weighted by Gasteiger charge is 2.17. The van der Waals surface area contributed by atoms with Crippen LogP contribution in [0.25, 0.3) is 5.69 Å². The first-order chi connectivity index (χ1) is 12.0. The summed E-state index contributed by atoms with van der Waals surface area (Å²) in [6.07, 6.45) is 3.28. The largest absolute Gasteiger partial charge is 0.343 e. The summed E-state index contributed by atoms with van der Waals surface area (Å²) in [4.78, 5) is 26.2. The van der Waals surface area contributed by atoms with Gasteiger partial charge in [0.05, 0.1) is 17.9 Å². The fraction of sp³-hybridized carbons (Fsp3) is 0.421. The second kappa shape index (κ2) is 7.51. The third-order valence-electron chi connectivity index (χ3n) is 4.49. The molecular weight excluding hydrogens is 316 g/mol. The smallest absolute Gasteiger partial charge is 0.251 e. The van der Waals surface area contributed by atoms with Crippen LogP contribution in [0.4, 0.5) is 0 Å². The van der Waals surface area contributed by atoms with Gasteiger partial charge in [0.25, 0.3) is 5.91 Å². The van der Waals surface area contributed by atoms with Gasteiger partial charge in [0, 0.05) is 24.3 Å². The second-order valence-electron chi connectivity index (χ2n) is 6.51. The van der Waals surface area contributed by atoms with Crippen molar-refractivity contribution < 1.29 is 9.59 Å². The molecule has 3 rings (SSSR count). The molecule has 1 N–H and O–H groups in total. The van der Waals surface area contributed by atoms with Gasteiger partial charge >= 0.3 is 0 Å². The normalized spacial score (nSPS) is 14.4. The Kier molecular flexibility index (Phi) is 5.16. The Morgan fingerprint density at radius 1 is 1.08 bits per heavy atom. The van der Waals surface area contributed by atoms with Gasteiger partial charge in [-0.15, -0.1) is 0 Å². The van der Waals surface area contributed by atoms with E-state index >= 15 is 0 Å². The summed E-state index contributed by atoms with van der Waals surface area (Å²) in [5, 5.41) is 7.15. The molecule has 1 fully saturated rings. The monoisotopic (exact) mass is 340 g/mol. The molecule has 0 radical (unpaired) electrons. The van der Waals surface area contributed by atoms with Crippen molar-refractivity contribution in [2.24, 2.45) is 0 Å². The summed E-state index contributed by atoms with van der Waals surface area (Å²) >= 11 is 0. The Morgan fingerprint density at radius 3 is 2.36 bits per heavy atom. The van der Waals surface area contributed by atoms with E-state index in [9.17, 15) is 9.59 Å². The molecule has 0 aliphatic carbocycles. The third-order valence-corrected chi connectivity index (χ3v) is 4.49. The number of aromatic nitrogens is 2. The Balaban J connectivity index is 1.59. The van der Waals surface area contributed by atoms with Gasteiger partial charge in [-0.3, -0.25) is 9.59 Å². The van der Waals surface area contributed by atoms with Crippen LogP contribution in [0.5, 0.6) is 0 Å². The van der Waals surface area contributed by atoms with E-state index < -0.39 is 0 Å². The number of nitrogens with one attached hydrogen (secondary N) is 1. The van der Waals surface area contributed by atoms with E-state index in [2.05, 4.69) is 10.4 Å². The van der Waals surface area contributed by atoms with Crippen LogP contribution in [0.15, 0.2) is 30.3 Å². The molecule has 2 amide bonds. The van der Waals surface area contributed by atoms with Gasteiger partial charge in [-0.05, 0) is 63.4 Å². The quantitative estimate of drug-likeness (QED) is 0.928. The van der Waals surface area contributed by atoms with E-state index in [4.69, 9.17) is 0 Å². The van der Waals surface area contributed by atoms with Gasteiger partial charge in [0.1, 0.15) is 0 Å². The molecule has 1 aromatic heterocycles. The average molecular weight is 340 g/mol. The van der Waals surface area contributed by atoms with Crippen molar-refractivity contribution in [3.8, 4) is 5.69 Å². The topological polar surface area (TPSA) is 67.2 Å². The van der Waals surface area contributed by atoms with Crippen molar-refractivity contribution in [1.82, 2.24) is 20.0 Å². The summed E-state index contributed by atoms with van der Waals surface area (Å²) in [5.41, 5.74) is 3.45. The van der Waals surface area contributed by atoms with Gasteiger partial charge in [0.15, 0.2) is 0 Å². The van der Waals surface area contributed by atoms with E-state index in [0.29, 0.717) is 5.56 Å². The average Bonchev–Trinajstić information content (AvgIpc) is 2.98. The molecule has 132 valence electrons. The summed E-state index contributed by atoms with van der Waals surface area (Å²) in [6, 6.07) is 9.24. The molecule has 0 unspecified atom stereocenters. The van der Waals surface area contributed by atoms with E-state index in [1.165, 1.54) is 6.42 Å². The molecule has 25 heavy (non-hydrogen) atoms. The number of aryl methyl sites for hydroxylation is 2. The molecule has 0 atom stereocenters. The number of piperidine rings is 1. The molecule has 2 heterocycles. The van der Waals surface area contributed by atoms with Crippen LogP contribution >= 0.6 is 0 Å². The van der Waals surface area contributed by atoms with E-state index in [1.54, 1.807) is 12.1 Å². The lowest BCUT2D eigenvalue weighted by molar-refractivity contribution is -0.130. The Hall–Kier alpha value is -2.63. The number of amides is 2.